The van der Waals surface area contributed by atoms with Gasteiger partial charge in [-0.1, -0.05) is 78.9 Å². The number of rotatable bonds is 5. The van der Waals surface area contributed by atoms with Crippen LogP contribution in [-0.2, 0) is 11.2 Å². The SMILES string of the molecule is O=C(S)Cc1ccccc1.O=Cc1c(C(=O)Nc2ccccc2)ccc2ccccc12. The molecular formula is C26H21NO3S. The predicted octanol–water partition coefficient (Wildman–Crippen LogP) is 5.59. The van der Waals surface area contributed by atoms with Crippen LogP contribution in [0.2, 0.25) is 0 Å². The number of benzene rings is 4. The van der Waals surface area contributed by atoms with Gasteiger partial charge in [-0.3, -0.25) is 14.4 Å². The fourth-order valence-electron chi connectivity index (χ4n) is 3.11. The Bertz CT molecular complexity index is 1190. The molecule has 0 unspecified atom stereocenters. The first kappa shape index (κ1) is 22.0. The summed E-state index contributed by atoms with van der Waals surface area (Å²) in [6.45, 7) is 0. The maximum atomic E-state index is 12.4. The van der Waals surface area contributed by atoms with Gasteiger partial charge in [0.2, 0.25) is 0 Å². The van der Waals surface area contributed by atoms with Crippen molar-refractivity contribution in [3.05, 3.63) is 114 Å². The van der Waals surface area contributed by atoms with Gasteiger partial charge in [-0.15, -0.1) is 12.6 Å². The number of amides is 1. The summed E-state index contributed by atoms with van der Waals surface area (Å²) in [6.07, 6.45) is 1.16. The lowest BCUT2D eigenvalue weighted by Gasteiger charge is -2.09. The molecule has 0 spiro atoms. The second-order valence-electron chi connectivity index (χ2n) is 6.74. The van der Waals surface area contributed by atoms with Gasteiger partial charge in [0.1, 0.15) is 0 Å². The lowest BCUT2D eigenvalue weighted by atomic mass is 9.99. The van der Waals surface area contributed by atoms with Gasteiger partial charge in [-0.05, 0) is 34.5 Å². The Morgan fingerprint density at radius 2 is 1.39 bits per heavy atom. The third-order valence-corrected chi connectivity index (χ3v) is 4.72. The number of para-hydroxylation sites is 1. The minimum absolute atomic E-state index is 0.0915. The Morgan fingerprint density at radius 1 is 0.774 bits per heavy atom. The van der Waals surface area contributed by atoms with Crippen LogP contribution in [0.1, 0.15) is 26.3 Å². The molecule has 5 heteroatoms. The lowest BCUT2D eigenvalue weighted by Crippen LogP contribution is -2.14. The van der Waals surface area contributed by atoms with Crippen molar-refractivity contribution in [2.24, 2.45) is 0 Å². The summed E-state index contributed by atoms with van der Waals surface area (Å²) in [5.74, 6) is -0.283. The van der Waals surface area contributed by atoms with Crippen LogP contribution in [0.15, 0.2) is 97.1 Å². The number of thiol groups is 1. The summed E-state index contributed by atoms with van der Waals surface area (Å²) in [7, 11) is 0. The Hall–Kier alpha value is -3.70. The predicted molar refractivity (Wildman–Crippen MR) is 128 cm³/mol. The van der Waals surface area contributed by atoms with Gasteiger partial charge in [-0.25, -0.2) is 0 Å². The summed E-state index contributed by atoms with van der Waals surface area (Å²) < 4.78 is 0. The summed E-state index contributed by atoms with van der Waals surface area (Å²) in [6, 6.07) is 29.8. The van der Waals surface area contributed by atoms with E-state index in [0.717, 1.165) is 22.6 Å². The number of hydrogen-bond donors (Lipinski definition) is 2. The molecule has 4 nitrogen and oxygen atoms in total. The minimum atomic E-state index is -0.283. The molecule has 1 N–H and O–H groups in total. The van der Waals surface area contributed by atoms with Crippen LogP contribution in [0.4, 0.5) is 5.69 Å². The van der Waals surface area contributed by atoms with Crippen LogP contribution in [0, 0.1) is 0 Å². The van der Waals surface area contributed by atoms with E-state index < -0.39 is 0 Å². The highest BCUT2D eigenvalue weighted by molar-refractivity contribution is 7.96. The molecule has 0 bridgehead atoms. The minimum Gasteiger partial charge on any atom is -0.322 e. The van der Waals surface area contributed by atoms with E-state index in [1.54, 1.807) is 18.2 Å². The van der Waals surface area contributed by atoms with Crippen molar-refractivity contribution in [3.8, 4) is 0 Å². The Kier molecular flexibility index (Phi) is 7.73. The van der Waals surface area contributed by atoms with Crippen molar-refractivity contribution < 1.29 is 14.4 Å². The van der Waals surface area contributed by atoms with Crippen molar-refractivity contribution in [1.82, 2.24) is 0 Å². The van der Waals surface area contributed by atoms with Crippen LogP contribution < -0.4 is 5.32 Å². The highest BCUT2D eigenvalue weighted by Gasteiger charge is 2.13. The molecule has 1 amide bonds. The number of fused-ring (bicyclic) bond motifs is 1. The molecule has 0 saturated heterocycles. The van der Waals surface area contributed by atoms with Crippen LogP contribution in [0.3, 0.4) is 0 Å². The first-order valence-corrected chi connectivity index (χ1v) is 10.1. The first-order valence-electron chi connectivity index (χ1n) is 9.67. The molecule has 0 aromatic heterocycles. The molecule has 154 valence electrons. The van der Waals surface area contributed by atoms with E-state index in [1.807, 2.05) is 78.9 Å². The third-order valence-electron chi connectivity index (χ3n) is 4.56. The largest absolute Gasteiger partial charge is 0.322 e. The zero-order chi connectivity index (χ0) is 22.1. The second kappa shape index (κ2) is 10.9. The Balaban J connectivity index is 0.000000229. The summed E-state index contributed by atoms with van der Waals surface area (Å²) in [4.78, 5) is 34.3. The average molecular weight is 428 g/mol. The summed E-state index contributed by atoms with van der Waals surface area (Å²) in [5.41, 5.74) is 2.52. The van der Waals surface area contributed by atoms with Crippen molar-refractivity contribution in [2.75, 3.05) is 5.32 Å². The zero-order valence-corrected chi connectivity index (χ0v) is 17.6. The van der Waals surface area contributed by atoms with E-state index in [4.69, 9.17) is 0 Å². The second-order valence-corrected chi connectivity index (χ2v) is 7.24. The molecule has 4 rings (SSSR count). The summed E-state index contributed by atoms with van der Waals surface area (Å²) >= 11 is 3.67. The van der Waals surface area contributed by atoms with Gasteiger partial charge >= 0.3 is 0 Å². The van der Waals surface area contributed by atoms with E-state index >= 15 is 0 Å². The molecule has 4 aromatic rings. The third kappa shape index (κ3) is 6.14. The number of anilines is 1. The molecule has 0 saturated carbocycles. The molecule has 0 radical (unpaired) electrons. The number of carbonyl (C=O) groups is 3. The van der Waals surface area contributed by atoms with E-state index in [0.29, 0.717) is 23.2 Å². The number of carbonyl (C=O) groups excluding carboxylic acids is 3. The van der Waals surface area contributed by atoms with Crippen molar-refractivity contribution in [3.63, 3.8) is 0 Å². The van der Waals surface area contributed by atoms with Crippen LogP contribution in [0.25, 0.3) is 10.8 Å². The van der Waals surface area contributed by atoms with Gasteiger partial charge in [0.25, 0.3) is 5.91 Å². The maximum Gasteiger partial charge on any atom is 0.256 e. The number of aldehydes is 1. The maximum absolute atomic E-state index is 12.4. The fraction of sp³-hybridized carbons (Fsp3) is 0.0385. The molecule has 0 atom stereocenters. The van der Waals surface area contributed by atoms with Crippen molar-refractivity contribution >= 4 is 46.4 Å². The number of hydrogen-bond acceptors (Lipinski definition) is 3. The van der Waals surface area contributed by atoms with Crippen LogP contribution in [0.5, 0.6) is 0 Å². The van der Waals surface area contributed by atoms with Crippen LogP contribution in [-0.4, -0.2) is 17.3 Å². The first-order chi connectivity index (χ1) is 15.1. The summed E-state index contributed by atoms with van der Waals surface area (Å²) in [5, 5.41) is 4.43. The quantitative estimate of drug-likeness (QED) is 0.322. The lowest BCUT2D eigenvalue weighted by molar-refractivity contribution is -0.110. The normalized spacial score (nSPS) is 9.97. The van der Waals surface area contributed by atoms with Gasteiger partial charge in [-0.2, -0.15) is 0 Å². The molecule has 0 heterocycles. The van der Waals surface area contributed by atoms with E-state index in [2.05, 4.69) is 17.9 Å². The van der Waals surface area contributed by atoms with Crippen LogP contribution >= 0.6 is 12.6 Å². The molecular weight excluding hydrogens is 406 g/mol. The highest BCUT2D eigenvalue weighted by Crippen LogP contribution is 2.22. The molecule has 0 aliphatic carbocycles. The van der Waals surface area contributed by atoms with E-state index in [9.17, 15) is 14.4 Å². The van der Waals surface area contributed by atoms with Gasteiger partial charge < -0.3 is 5.32 Å². The van der Waals surface area contributed by atoms with Gasteiger partial charge in [0.05, 0.1) is 5.56 Å². The zero-order valence-electron chi connectivity index (χ0n) is 16.7. The van der Waals surface area contributed by atoms with Crippen molar-refractivity contribution in [1.29, 1.82) is 0 Å². The van der Waals surface area contributed by atoms with E-state index in [1.165, 1.54) is 0 Å². The molecule has 0 aliphatic rings. The molecule has 4 aromatic carbocycles. The van der Waals surface area contributed by atoms with Gasteiger partial charge in [0.15, 0.2) is 11.4 Å². The number of nitrogens with one attached hydrogen (secondary N) is 1. The monoisotopic (exact) mass is 427 g/mol. The smallest absolute Gasteiger partial charge is 0.256 e. The average Bonchev–Trinajstić information content (AvgIpc) is 2.79. The molecule has 31 heavy (non-hydrogen) atoms. The molecule has 0 aliphatic heterocycles. The Labute approximate surface area is 186 Å². The Morgan fingerprint density at radius 3 is 2.03 bits per heavy atom. The highest BCUT2D eigenvalue weighted by atomic mass is 32.1. The molecule has 0 fully saturated rings. The fourth-order valence-corrected chi connectivity index (χ4v) is 3.29. The standard InChI is InChI=1S/C18H13NO2.C8H8OS/c20-12-17-15-9-5-4-6-13(15)10-11-16(17)18(21)19-14-7-2-1-3-8-14;9-8(10)6-7-4-2-1-3-5-7/h1-12H,(H,19,21);1-5H,6H2,(H,9,10). The van der Waals surface area contributed by atoms with Gasteiger partial charge in [0, 0.05) is 17.7 Å². The topological polar surface area (TPSA) is 63.2 Å². The van der Waals surface area contributed by atoms with Crippen molar-refractivity contribution in [2.45, 2.75) is 6.42 Å². The van der Waals surface area contributed by atoms with E-state index in [-0.39, 0.29) is 11.0 Å².